The van der Waals surface area contributed by atoms with Crippen LogP contribution in [0.5, 0.6) is 0 Å². The molecule has 0 aliphatic rings. The molecule has 44 heavy (non-hydrogen) atoms. The minimum Gasteiger partial charge on any atom is -0.246 e. The van der Waals surface area contributed by atoms with Crippen LogP contribution in [0.15, 0.2) is 176 Å². The van der Waals surface area contributed by atoms with E-state index in [9.17, 15) is 4.39 Å². The Hall–Kier alpha value is -5.53. The zero-order valence-corrected chi connectivity index (χ0v) is 24.3. The standard InChI is InChI=1S/C43H31F/c44-30-31-11-7-16-34(23-31)37-19-10-22-40(26-37)43-28-41(38-20-8-17-35(24-38)32-12-3-1-4-13-32)27-42(29-43)39-21-9-18-36(25-39)33-14-5-2-6-15-33/h1-29H,30H2. The Kier molecular flexibility index (Phi) is 7.68. The fraction of sp³-hybridized carbons (Fsp3) is 0.0233. The number of hydrogen-bond acceptors (Lipinski definition) is 0. The van der Waals surface area contributed by atoms with Gasteiger partial charge in [0.25, 0.3) is 0 Å². The van der Waals surface area contributed by atoms with Crippen LogP contribution in [0.1, 0.15) is 5.56 Å². The summed E-state index contributed by atoms with van der Waals surface area (Å²) in [6.45, 7) is -0.469. The molecule has 0 nitrogen and oxygen atoms in total. The number of alkyl halides is 1. The Morgan fingerprint density at radius 3 is 0.909 bits per heavy atom. The molecule has 1 heteroatoms. The highest BCUT2D eigenvalue weighted by atomic mass is 19.1. The zero-order valence-electron chi connectivity index (χ0n) is 24.3. The molecule has 0 aliphatic carbocycles. The summed E-state index contributed by atoms with van der Waals surface area (Å²) in [6, 6.07) is 61.7. The third-order valence-corrected chi connectivity index (χ3v) is 8.15. The summed E-state index contributed by atoms with van der Waals surface area (Å²) >= 11 is 0. The van der Waals surface area contributed by atoms with Crippen LogP contribution in [-0.4, -0.2) is 0 Å². The normalized spacial score (nSPS) is 10.9. The van der Waals surface area contributed by atoms with Gasteiger partial charge < -0.3 is 0 Å². The van der Waals surface area contributed by atoms with Gasteiger partial charge in [-0.25, -0.2) is 4.39 Å². The molecule has 0 amide bonds. The Morgan fingerprint density at radius 2 is 0.523 bits per heavy atom. The quantitative estimate of drug-likeness (QED) is 0.180. The molecule has 0 unspecified atom stereocenters. The van der Waals surface area contributed by atoms with E-state index in [2.05, 4.69) is 152 Å². The highest BCUT2D eigenvalue weighted by molar-refractivity contribution is 5.85. The molecular formula is C43H31F. The van der Waals surface area contributed by atoms with Crippen molar-refractivity contribution in [3.05, 3.63) is 181 Å². The van der Waals surface area contributed by atoms with Crippen LogP contribution in [0, 0.1) is 0 Å². The van der Waals surface area contributed by atoms with Gasteiger partial charge in [0.15, 0.2) is 0 Å². The van der Waals surface area contributed by atoms with Crippen molar-refractivity contribution in [1.29, 1.82) is 0 Å². The van der Waals surface area contributed by atoms with Crippen molar-refractivity contribution in [2.45, 2.75) is 6.67 Å². The van der Waals surface area contributed by atoms with Crippen molar-refractivity contribution < 1.29 is 4.39 Å². The molecule has 0 N–H and O–H groups in total. The lowest BCUT2D eigenvalue weighted by Gasteiger charge is -2.14. The Balaban J connectivity index is 1.37. The lowest BCUT2D eigenvalue weighted by molar-refractivity contribution is 0.485. The van der Waals surface area contributed by atoms with Gasteiger partial charge in [-0.15, -0.1) is 0 Å². The summed E-state index contributed by atoms with van der Waals surface area (Å²) in [6.07, 6.45) is 0. The Morgan fingerprint density at radius 1 is 0.250 bits per heavy atom. The van der Waals surface area contributed by atoms with Crippen LogP contribution in [0.3, 0.4) is 0 Å². The predicted octanol–water partition coefficient (Wildman–Crippen LogP) is 12.2. The van der Waals surface area contributed by atoms with E-state index in [0.29, 0.717) is 5.56 Å². The molecule has 210 valence electrons. The summed E-state index contributed by atoms with van der Waals surface area (Å²) in [4.78, 5) is 0. The molecule has 0 radical (unpaired) electrons. The third-order valence-electron chi connectivity index (χ3n) is 8.15. The van der Waals surface area contributed by atoms with Crippen LogP contribution in [0.4, 0.5) is 4.39 Å². The highest BCUT2D eigenvalue weighted by Crippen LogP contribution is 2.37. The van der Waals surface area contributed by atoms with Crippen molar-refractivity contribution in [3.8, 4) is 66.8 Å². The van der Waals surface area contributed by atoms with Crippen molar-refractivity contribution >= 4 is 0 Å². The largest absolute Gasteiger partial charge is 0.246 e. The van der Waals surface area contributed by atoms with E-state index >= 15 is 0 Å². The molecule has 0 heterocycles. The lowest BCUT2D eigenvalue weighted by atomic mass is 9.90. The molecule has 0 saturated carbocycles. The first kappa shape index (κ1) is 27.3. The van der Waals surface area contributed by atoms with Gasteiger partial charge in [-0.1, -0.05) is 133 Å². The first-order valence-corrected chi connectivity index (χ1v) is 15.0. The molecule has 0 atom stereocenters. The van der Waals surface area contributed by atoms with E-state index in [1.807, 2.05) is 24.3 Å². The average Bonchev–Trinajstić information content (AvgIpc) is 3.12. The topological polar surface area (TPSA) is 0 Å². The molecule has 7 aromatic carbocycles. The van der Waals surface area contributed by atoms with E-state index < -0.39 is 6.67 Å². The maximum Gasteiger partial charge on any atom is 0.115 e. The molecule has 0 aromatic heterocycles. The maximum atomic E-state index is 13.5. The summed E-state index contributed by atoms with van der Waals surface area (Å²) in [7, 11) is 0. The number of rotatable bonds is 7. The fourth-order valence-corrected chi connectivity index (χ4v) is 5.86. The zero-order chi connectivity index (χ0) is 29.7. The summed E-state index contributed by atoms with van der Waals surface area (Å²) < 4.78 is 13.5. The SMILES string of the molecule is FCc1cccc(-c2cccc(-c3cc(-c4cccc(-c5ccccc5)c4)cc(-c4cccc(-c5ccccc5)c4)c3)c2)c1. The van der Waals surface area contributed by atoms with Crippen molar-refractivity contribution in [2.24, 2.45) is 0 Å². The summed E-state index contributed by atoms with van der Waals surface area (Å²) in [5.74, 6) is 0. The van der Waals surface area contributed by atoms with E-state index in [-0.39, 0.29) is 0 Å². The number of benzene rings is 7. The number of halogens is 1. The van der Waals surface area contributed by atoms with Crippen LogP contribution in [0.25, 0.3) is 66.8 Å². The molecule has 0 aliphatic heterocycles. The van der Waals surface area contributed by atoms with Gasteiger partial charge in [-0.05, 0) is 115 Å². The monoisotopic (exact) mass is 566 g/mol. The fourth-order valence-electron chi connectivity index (χ4n) is 5.86. The highest BCUT2D eigenvalue weighted by Gasteiger charge is 2.11. The summed E-state index contributed by atoms with van der Waals surface area (Å²) in [5, 5.41) is 0. The van der Waals surface area contributed by atoms with Crippen LogP contribution in [-0.2, 0) is 6.67 Å². The van der Waals surface area contributed by atoms with Gasteiger partial charge in [0.05, 0.1) is 0 Å². The third kappa shape index (κ3) is 5.86. The smallest absolute Gasteiger partial charge is 0.115 e. The van der Waals surface area contributed by atoms with Crippen molar-refractivity contribution in [2.75, 3.05) is 0 Å². The molecular weight excluding hydrogens is 535 g/mol. The minimum atomic E-state index is -0.469. The molecule has 7 rings (SSSR count). The molecule has 0 fully saturated rings. The van der Waals surface area contributed by atoms with E-state index in [0.717, 1.165) is 33.4 Å². The van der Waals surface area contributed by atoms with Gasteiger partial charge in [0.2, 0.25) is 0 Å². The van der Waals surface area contributed by atoms with Crippen LogP contribution in [0.2, 0.25) is 0 Å². The Bertz CT molecular complexity index is 1940. The van der Waals surface area contributed by atoms with Gasteiger partial charge in [0.1, 0.15) is 6.67 Å². The first-order valence-electron chi connectivity index (χ1n) is 15.0. The predicted molar refractivity (Wildman–Crippen MR) is 184 cm³/mol. The number of hydrogen-bond donors (Lipinski definition) is 0. The van der Waals surface area contributed by atoms with Gasteiger partial charge in [-0.3, -0.25) is 0 Å². The molecule has 0 bridgehead atoms. The Labute approximate surface area is 258 Å². The molecule has 7 aromatic rings. The molecule has 0 saturated heterocycles. The van der Waals surface area contributed by atoms with E-state index in [4.69, 9.17) is 0 Å². The van der Waals surface area contributed by atoms with Gasteiger partial charge >= 0.3 is 0 Å². The van der Waals surface area contributed by atoms with Crippen molar-refractivity contribution in [3.63, 3.8) is 0 Å². The van der Waals surface area contributed by atoms with Crippen molar-refractivity contribution in [1.82, 2.24) is 0 Å². The van der Waals surface area contributed by atoms with Gasteiger partial charge in [0, 0.05) is 0 Å². The second-order valence-corrected chi connectivity index (χ2v) is 11.1. The van der Waals surface area contributed by atoms with Gasteiger partial charge in [-0.2, -0.15) is 0 Å². The second-order valence-electron chi connectivity index (χ2n) is 11.1. The average molecular weight is 567 g/mol. The van der Waals surface area contributed by atoms with Crippen LogP contribution < -0.4 is 0 Å². The maximum absolute atomic E-state index is 13.5. The second kappa shape index (κ2) is 12.4. The van der Waals surface area contributed by atoms with Crippen LogP contribution >= 0.6 is 0 Å². The molecule has 0 spiro atoms. The van der Waals surface area contributed by atoms with E-state index in [1.54, 1.807) is 0 Å². The lowest BCUT2D eigenvalue weighted by Crippen LogP contribution is -1.89. The summed E-state index contributed by atoms with van der Waals surface area (Å²) in [5.41, 5.74) is 14.5. The van der Waals surface area contributed by atoms with E-state index in [1.165, 1.54) is 33.4 Å². The first-order chi connectivity index (χ1) is 21.7. The minimum absolute atomic E-state index is 0.469.